The van der Waals surface area contributed by atoms with Crippen molar-refractivity contribution in [2.75, 3.05) is 25.6 Å². The zero-order valence-corrected chi connectivity index (χ0v) is 14.6. The van der Waals surface area contributed by atoms with Crippen LogP contribution in [0, 0.1) is 5.82 Å². The Morgan fingerprint density at radius 2 is 2.00 bits per heavy atom. The van der Waals surface area contributed by atoms with Crippen LogP contribution in [0.1, 0.15) is 6.92 Å². The van der Waals surface area contributed by atoms with Crippen LogP contribution in [0.2, 0.25) is 0 Å². The number of benzene rings is 2. The minimum atomic E-state index is -0.588. The van der Waals surface area contributed by atoms with Crippen LogP contribution in [0.3, 0.4) is 0 Å². The number of carbonyl (C=O) groups is 1. The van der Waals surface area contributed by atoms with Crippen LogP contribution >= 0.6 is 0 Å². The number of morpholine rings is 1. The summed E-state index contributed by atoms with van der Waals surface area (Å²) in [6, 6.07) is 10.8. The van der Waals surface area contributed by atoms with Crippen molar-refractivity contribution in [1.29, 1.82) is 0 Å². The van der Waals surface area contributed by atoms with Gasteiger partial charge >= 0.3 is 0 Å². The van der Waals surface area contributed by atoms with Gasteiger partial charge in [0, 0.05) is 18.3 Å². The van der Waals surface area contributed by atoms with Gasteiger partial charge in [-0.15, -0.1) is 0 Å². The van der Waals surface area contributed by atoms with Crippen molar-refractivity contribution >= 4 is 11.6 Å². The van der Waals surface area contributed by atoms with E-state index >= 15 is 0 Å². The van der Waals surface area contributed by atoms with Crippen LogP contribution in [0.15, 0.2) is 42.5 Å². The molecule has 0 spiro atoms. The van der Waals surface area contributed by atoms with Gasteiger partial charge in [-0.3, -0.25) is 4.79 Å². The molecule has 0 unspecified atom stereocenters. The highest BCUT2D eigenvalue weighted by molar-refractivity contribution is 5.95. The summed E-state index contributed by atoms with van der Waals surface area (Å²) in [6.45, 7) is 2.98. The first kappa shape index (κ1) is 18.2. The van der Waals surface area contributed by atoms with Gasteiger partial charge in [0.2, 0.25) is 5.91 Å². The van der Waals surface area contributed by atoms with Crippen molar-refractivity contribution in [3.8, 4) is 17.2 Å². The molecule has 0 aromatic heterocycles. The molecule has 0 bridgehead atoms. The standard InChI is InChI=1S/C19H21FN2O4/c1-12-18(21-9-10-25-12)19(23)22-13-7-8-15(14(20)11-13)26-17-6-4-3-5-16(17)24-2/h3-8,11-12,18,21H,9-10H2,1-2H3,(H,22,23)/t12-,18+/m1/s1. The number of hydrogen-bond acceptors (Lipinski definition) is 5. The van der Waals surface area contributed by atoms with Crippen molar-refractivity contribution in [2.45, 2.75) is 19.1 Å². The Balaban J connectivity index is 1.70. The second-order valence-electron chi connectivity index (χ2n) is 5.90. The summed E-state index contributed by atoms with van der Waals surface area (Å²) in [5.41, 5.74) is 0.347. The molecule has 1 heterocycles. The highest BCUT2D eigenvalue weighted by Crippen LogP contribution is 2.33. The molecule has 1 aliphatic rings. The van der Waals surface area contributed by atoms with E-state index in [0.29, 0.717) is 30.3 Å². The molecule has 26 heavy (non-hydrogen) atoms. The molecule has 2 aromatic rings. The van der Waals surface area contributed by atoms with E-state index in [1.807, 2.05) is 6.92 Å². The molecule has 7 heteroatoms. The molecular formula is C19H21FN2O4. The van der Waals surface area contributed by atoms with Gasteiger partial charge < -0.3 is 24.8 Å². The number of anilines is 1. The Labute approximate surface area is 151 Å². The molecule has 0 radical (unpaired) electrons. The molecule has 2 atom stereocenters. The normalized spacial score (nSPS) is 19.7. The summed E-state index contributed by atoms with van der Waals surface area (Å²) in [5.74, 6) is 0.0919. The van der Waals surface area contributed by atoms with Crippen LogP contribution in [0.25, 0.3) is 0 Å². The quantitative estimate of drug-likeness (QED) is 0.858. The summed E-state index contributed by atoms with van der Waals surface area (Å²) in [7, 11) is 1.52. The average Bonchev–Trinajstić information content (AvgIpc) is 2.64. The maximum atomic E-state index is 14.4. The van der Waals surface area contributed by atoms with Gasteiger partial charge in [0.25, 0.3) is 0 Å². The predicted molar refractivity (Wildman–Crippen MR) is 95.3 cm³/mol. The first-order valence-electron chi connectivity index (χ1n) is 8.35. The first-order chi connectivity index (χ1) is 12.6. The van der Waals surface area contributed by atoms with E-state index in [9.17, 15) is 9.18 Å². The topological polar surface area (TPSA) is 68.8 Å². The average molecular weight is 360 g/mol. The van der Waals surface area contributed by atoms with Crippen molar-refractivity contribution in [3.63, 3.8) is 0 Å². The van der Waals surface area contributed by atoms with Gasteiger partial charge in [0.05, 0.1) is 19.8 Å². The predicted octanol–water partition coefficient (Wildman–Crippen LogP) is 2.94. The van der Waals surface area contributed by atoms with Gasteiger partial charge in [-0.1, -0.05) is 12.1 Å². The van der Waals surface area contributed by atoms with Gasteiger partial charge in [-0.2, -0.15) is 0 Å². The number of halogens is 1. The molecule has 2 N–H and O–H groups in total. The Morgan fingerprint density at radius 3 is 2.69 bits per heavy atom. The number of ether oxygens (including phenoxy) is 3. The molecule has 1 saturated heterocycles. The summed E-state index contributed by atoms with van der Waals surface area (Å²) < 4.78 is 30.6. The summed E-state index contributed by atoms with van der Waals surface area (Å²) in [5, 5.41) is 5.79. The van der Waals surface area contributed by atoms with Crippen LogP contribution in [-0.4, -0.2) is 38.3 Å². The minimum absolute atomic E-state index is 0.0417. The van der Waals surface area contributed by atoms with E-state index in [0.717, 1.165) is 0 Å². The molecular weight excluding hydrogens is 339 g/mol. The van der Waals surface area contributed by atoms with Gasteiger partial charge in [-0.25, -0.2) is 4.39 Å². The van der Waals surface area contributed by atoms with E-state index in [1.54, 1.807) is 30.3 Å². The Morgan fingerprint density at radius 1 is 1.23 bits per heavy atom. The maximum absolute atomic E-state index is 14.4. The van der Waals surface area contributed by atoms with Gasteiger partial charge in [0.1, 0.15) is 6.04 Å². The molecule has 0 saturated carbocycles. The Hall–Kier alpha value is -2.64. The molecule has 6 nitrogen and oxygen atoms in total. The fourth-order valence-corrected chi connectivity index (χ4v) is 2.73. The lowest BCUT2D eigenvalue weighted by molar-refractivity contribution is -0.123. The summed E-state index contributed by atoms with van der Waals surface area (Å²) in [4.78, 5) is 12.3. The fourth-order valence-electron chi connectivity index (χ4n) is 2.73. The van der Waals surface area contributed by atoms with Gasteiger partial charge in [-0.05, 0) is 31.2 Å². The SMILES string of the molecule is COc1ccccc1Oc1ccc(NC(=O)[C@H]2NCCO[C@@H]2C)cc1F. The summed E-state index contributed by atoms with van der Waals surface area (Å²) in [6.07, 6.45) is -0.248. The number of nitrogens with one attached hydrogen (secondary N) is 2. The molecule has 2 aromatic carbocycles. The highest BCUT2D eigenvalue weighted by atomic mass is 19.1. The number of para-hydroxylation sites is 2. The lowest BCUT2D eigenvalue weighted by atomic mass is 10.1. The van der Waals surface area contributed by atoms with Crippen molar-refractivity contribution in [3.05, 3.63) is 48.3 Å². The van der Waals surface area contributed by atoms with E-state index < -0.39 is 11.9 Å². The molecule has 1 amide bonds. The zero-order chi connectivity index (χ0) is 18.5. The van der Waals surface area contributed by atoms with Gasteiger partial charge in [0.15, 0.2) is 23.1 Å². The van der Waals surface area contributed by atoms with Crippen LogP contribution in [-0.2, 0) is 9.53 Å². The third kappa shape index (κ3) is 4.12. The number of hydrogen-bond donors (Lipinski definition) is 2. The van der Waals surface area contributed by atoms with Crippen LogP contribution in [0.4, 0.5) is 10.1 Å². The number of amides is 1. The molecule has 1 fully saturated rings. The van der Waals surface area contributed by atoms with E-state index in [4.69, 9.17) is 14.2 Å². The second kappa shape index (κ2) is 8.16. The third-order valence-corrected chi connectivity index (χ3v) is 4.09. The smallest absolute Gasteiger partial charge is 0.244 e. The number of methoxy groups -OCH3 is 1. The van der Waals surface area contributed by atoms with Crippen LogP contribution < -0.4 is 20.1 Å². The molecule has 3 rings (SSSR count). The van der Waals surface area contributed by atoms with E-state index in [-0.39, 0.29) is 17.8 Å². The largest absolute Gasteiger partial charge is 0.493 e. The zero-order valence-electron chi connectivity index (χ0n) is 14.6. The number of rotatable bonds is 5. The van der Waals surface area contributed by atoms with Crippen molar-refractivity contribution in [2.24, 2.45) is 0 Å². The van der Waals surface area contributed by atoms with E-state index in [2.05, 4.69) is 10.6 Å². The lowest BCUT2D eigenvalue weighted by Crippen LogP contribution is -2.53. The van der Waals surface area contributed by atoms with Crippen molar-refractivity contribution < 1.29 is 23.4 Å². The maximum Gasteiger partial charge on any atom is 0.244 e. The highest BCUT2D eigenvalue weighted by Gasteiger charge is 2.28. The number of carbonyl (C=O) groups excluding carboxylic acids is 1. The molecule has 138 valence electrons. The van der Waals surface area contributed by atoms with Crippen molar-refractivity contribution in [1.82, 2.24) is 5.32 Å². The Bertz CT molecular complexity index is 784. The minimum Gasteiger partial charge on any atom is -0.493 e. The third-order valence-electron chi connectivity index (χ3n) is 4.09. The second-order valence-corrected chi connectivity index (χ2v) is 5.90. The fraction of sp³-hybridized carbons (Fsp3) is 0.316. The van der Waals surface area contributed by atoms with E-state index in [1.165, 1.54) is 19.2 Å². The summed E-state index contributed by atoms with van der Waals surface area (Å²) >= 11 is 0. The first-order valence-corrected chi connectivity index (χ1v) is 8.35. The molecule has 1 aliphatic heterocycles. The molecule has 0 aliphatic carbocycles. The monoisotopic (exact) mass is 360 g/mol. The van der Waals surface area contributed by atoms with Crippen LogP contribution in [0.5, 0.6) is 17.2 Å². The lowest BCUT2D eigenvalue weighted by Gasteiger charge is -2.29. The Kier molecular flexibility index (Phi) is 5.70.